The number of carbonyl (C=O) groups is 1. The minimum Gasteiger partial charge on any atom is -0.484 e. The zero-order chi connectivity index (χ0) is 22.5. The Kier molecular flexibility index (Phi) is 6.50. The molecule has 1 atom stereocenters. The first-order valence-electron chi connectivity index (χ1n) is 11.2. The first-order valence-corrected chi connectivity index (χ1v) is 11.2. The number of anilines is 1. The SMILES string of the molecule is O=C(COc1ccccc1)N1CCNCC1c1nc(-c2ccc(N3CCOCC3)cc2)no1. The average molecular weight is 450 g/mol. The van der Waals surface area contributed by atoms with Gasteiger partial charge in [-0.05, 0) is 36.4 Å². The molecule has 9 heteroatoms. The number of rotatable bonds is 6. The fourth-order valence-corrected chi connectivity index (χ4v) is 4.10. The quantitative estimate of drug-likeness (QED) is 0.612. The van der Waals surface area contributed by atoms with Gasteiger partial charge in [-0.1, -0.05) is 23.4 Å². The smallest absolute Gasteiger partial charge is 0.261 e. The monoisotopic (exact) mass is 449 g/mol. The number of para-hydroxylation sites is 1. The van der Waals surface area contributed by atoms with Gasteiger partial charge in [0, 0.05) is 44.0 Å². The fraction of sp³-hybridized carbons (Fsp3) is 0.375. The van der Waals surface area contributed by atoms with Crippen molar-refractivity contribution in [3.63, 3.8) is 0 Å². The minimum absolute atomic E-state index is 0.0372. The van der Waals surface area contributed by atoms with Crippen LogP contribution in [0, 0.1) is 0 Å². The van der Waals surface area contributed by atoms with E-state index in [9.17, 15) is 4.79 Å². The maximum atomic E-state index is 12.9. The standard InChI is InChI=1S/C24H27N5O4/c30-22(17-32-20-4-2-1-3-5-20)29-11-10-25-16-21(29)24-26-23(27-33-24)18-6-8-19(9-7-18)28-12-14-31-15-13-28/h1-9,21,25H,10-17H2. The van der Waals surface area contributed by atoms with E-state index in [1.165, 1.54) is 0 Å². The first-order chi connectivity index (χ1) is 16.3. The first kappa shape index (κ1) is 21.4. The average Bonchev–Trinajstić information content (AvgIpc) is 3.39. The zero-order valence-electron chi connectivity index (χ0n) is 18.4. The molecule has 5 rings (SSSR count). The highest BCUT2D eigenvalue weighted by Gasteiger charge is 2.32. The van der Waals surface area contributed by atoms with E-state index in [1.807, 2.05) is 42.5 Å². The number of piperazine rings is 1. The summed E-state index contributed by atoms with van der Waals surface area (Å²) in [4.78, 5) is 21.5. The number of nitrogens with one attached hydrogen (secondary N) is 1. The summed E-state index contributed by atoms with van der Waals surface area (Å²) < 4.78 is 16.7. The van der Waals surface area contributed by atoms with Crippen LogP contribution in [0.4, 0.5) is 5.69 Å². The number of morpholine rings is 1. The lowest BCUT2D eigenvalue weighted by molar-refractivity contribution is -0.137. The van der Waals surface area contributed by atoms with Gasteiger partial charge in [-0.2, -0.15) is 4.98 Å². The van der Waals surface area contributed by atoms with Gasteiger partial charge in [0.05, 0.1) is 13.2 Å². The van der Waals surface area contributed by atoms with Gasteiger partial charge in [-0.25, -0.2) is 0 Å². The molecule has 1 unspecified atom stereocenters. The Morgan fingerprint density at radius 2 is 1.85 bits per heavy atom. The molecule has 33 heavy (non-hydrogen) atoms. The maximum Gasteiger partial charge on any atom is 0.261 e. The number of benzene rings is 2. The number of amides is 1. The molecule has 0 spiro atoms. The topological polar surface area (TPSA) is 93.0 Å². The maximum absolute atomic E-state index is 12.9. The van der Waals surface area contributed by atoms with Crippen LogP contribution in [0.3, 0.4) is 0 Å². The van der Waals surface area contributed by atoms with Gasteiger partial charge >= 0.3 is 0 Å². The van der Waals surface area contributed by atoms with Crippen molar-refractivity contribution in [2.45, 2.75) is 6.04 Å². The van der Waals surface area contributed by atoms with E-state index in [0.717, 1.165) is 37.6 Å². The molecule has 172 valence electrons. The Labute approximate surface area is 192 Å². The second-order valence-electron chi connectivity index (χ2n) is 8.01. The fourth-order valence-electron chi connectivity index (χ4n) is 4.10. The molecule has 2 aliphatic rings. The van der Waals surface area contributed by atoms with Crippen LogP contribution in [-0.2, 0) is 9.53 Å². The van der Waals surface area contributed by atoms with Gasteiger partial charge in [0.2, 0.25) is 5.82 Å². The van der Waals surface area contributed by atoms with Gasteiger partial charge in [-0.3, -0.25) is 4.79 Å². The van der Waals surface area contributed by atoms with Crippen molar-refractivity contribution in [1.29, 1.82) is 0 Å². The Bertz CT molecular complexity index is 1050. The number of nitrogens with zero attached hydrogens (tertiary/aromatic N) is 4. The van der Waals surface area contributed by atoms with Crippen LogP contribution in [-0.4, -0.2) is 73.5 Å². The summed E-state index contributed by atoms with van der Waals surface area (Å²) in [6, 6.07) is 17.1. The molecule has 3 heterocycles. The Morgan fingerprint density at radius 1 is 1.06 bits per heavy atom. The van der Waals surface area contributed by atoms with E-state index >= 15 is 0 Å². The Balaban J connectivity index is 1.26. The molecular formula is C24H27N5O4. The van der Waals surface area contributed by atoms with Crippen LogP contribution in [0.2, 0.25) is 0 Å². The van der Waals surface area contributed by atoms with E-state index in [-0.39, 0.29) is 18.6 Å². The second-order valence-corrected chi connectivity index (χ2v) is 8.01. The van der Waals surface area contributed by atoms with Crippen LogP contribution in [0.25, 0.3) is 11.4 Å². The third-order valence-electron chi connectivity index (χ3n) is 5.90. The third-order valence-corrected chi connectivity index (χ3v) is 5.90. The number of hydrogen-bond donors (Lipinski definition) is 1. The molecule has 2 saturated heterocycles. The lowest BCUT2D eigenvalue weighted by Gasteiger charge is -2.33. The number of hydrogen-bond acceptors (Lipinski definition) is 8. The van der Waals surface area contributed by atoms with Gasteiger partial charge < -0.3 is 29.1 Å². The van der Waals surface area contributed by atoms with E-state index in [1.54, 1.807) is 4.90 Å². The molecule has 0 aliphatic carbocycles. The number of carbonyl (C=O) groups excluding carboxylic acids is 1. The molecule has 1 amide bonds. The van der Waals surface area contributed by atoms with E-state index in [0.29, 0.717) is 37.1 Å². The molecule has 2 fully saturated rings. The molecular weight excluding hydrogens is 422 g/mol. The van der Waals surface area contributed by atoms with E-state index in [4.69, 9.17) is 14.0 Å². The summed E-state index contributed by atoms with van der Waals surface area (Å²) in [5.41, 5.74) is 2.02. The third kappa shape index (κ3) is 4.99. The van der Waals surface area contributed by atoms with Crippen molar-refractivity contribution in [1.82, 2.24) is 20.4 Å². The van der Waals surface area contributed by atoms with Crippen LogP contribution in [0.5, 0.6) is 5.75 Å². The van der Waals surface area contributed by atoms with Crippen molar-refractivity contribution in [2.24, 2.45) is 0 Å². The summed E-state index contributed by atoms with van der Waals surface area (Å²) in [6.07, 6.45) is 0. The zero-order valence-corrected chi connectivity index (χ0v) is 18.4. The molecule has 0 bridgehead atoms. The van der Waals surface area contributed by atoms with Crippen molar-refractivity contribution < 1.29 is 18.8 Å². The molecule has 3 aromatic rings. The van der Waals surface area contributed by atoms with Gasteiger partial charge in [0.1, 0.15) is 11.8 Å². The summed E-state index contributed by atoms with van der Waals surface area (Å²) in [7, 11) is 0. The van der Waals surface area contributed by atoms with Crippen LogP contribution in [0.15, 0.2) is 59.1 Å². The predicted molar refractivity (Wildman–Crippen MR) is 122 cm³/mol. The highest BCUT2D eigenvalue weighted by molar-refractivity contribution is 5.78. The highest BCUT2D eigenvalue weighted by Crippen LogP contribution is 2.26. The van der Waals surface area contributed by atoms with Crippen LogP contribution < -0.4 is 15.0 Å². The van der Waals surface area contributed by atoms with Crippen LogP contribution >= 0.6 is 0 Å². The Morgan fingerprint density at radius 3 is 2.64 bits per heavy atom. The lowest BCUT2D eigenvalue weighted by Crippen LogP contribution is -2.50. The lowest BCUT2D eigenvalue weighted by atomic mass is 10.1. The predicted octanol–water partition coefficient (Wildman–Crippen LogP) is 2.13. The molecule has 1 aromatic heterocycles. The van der Waals surface area contributed by atoms with Crippen molar-refractivity contribution in [2.75, 3.05) is 57.4 Å². The van der Waals surface area contributed by atoms with E-state index < -0.39 is 0 Å². The van der Waals surface area contributed by atoms with Crippen LogP contribution in [0.1, 0.15) is 11.9 Å². The van der Waals surface area contributed by atoms with Crippen molar-refractivity contribution in [3.8, 4) is 17.1 Å². The number of ether oxygens (including phenoxy) is 2. The Hall–Kier alpha value is -3.43. The largest absolute Gasteiger partial charge is 0.484 e. The van der Waals surface area contributed by atoms with Gasteiger partial charge in [-0.15, -0.1) is 0 Å². The summed E-state index contributed by atoms with van der Waals surface area (Å²) in [5, 5.41) is 7.48. The van der Waals surface area contributed by atoms with Gasteiger partial charge in [0.15, 0.2) is 6.61 Å². The van der Waals surface area contributed by atoms with Crippen molar-refractivity contribution >= 4 is 11.6 Å². The van der Waals surface area contributed by atoms with Gasteiger partial charge in [0.25, 0.3) is 11.8 Å². The molecule has 9 nitrogen and oxygen atoms in total. The van der Waals surface area contributed by atoms with E-state index in [2.05, 4.69) is 32.5 Å². The molecule has 2 aromatic carbocycles. The molecule has 0 radical (unpaired) electrons. The highest BCUT2D eigenvalue weighted by atomic mass is 16.5. The minimum atomic E-state index is -0.334. The normalized spacial score (nSPS) is 18.8. The second kappa shape index (κ2) is 10.0. The van der Waals surface area contributed by atoms with Crippen molar-refractivity contribution in [3.05, 3.63) is 60.5 Å². The summed E-state index contributed by atoms with van der Waals surface area (Å²) >= 11 is 0. The molecule has 1 N–H and O–H groups in total. The summed E-state index contributed by atoms with van der Waals surface area (Å²) in [5.74, 6) is 1.48. The molecule has 0 saturated carbocycles. The molecule has 2 aliphatic heterocycles. The summed E-state index contributed by atoms with van der Waals surface area (Å²) in [6.45, 7) is 5.04. The number of aromatic nitrogens is 2.